The number of benzene rings is 1. The number of para-hydroxylation sites is 1. The van der Waals surface area contributed by atoms with Gasteiger partial charge in [-0.15, -0.1) is 0 Å². The summed E-state index contributed by atoms with van der Waals surface area (Å²) in [5, 5.41) is 5.71. The molecule has 2 N–H and O–H groups in total. The van der Waals surface area contributed by atoms with Crippen LogP contribution in [0.3, 0.4) is 0 Å². The van der Waals surface area contributed by atoms with Gasteiger partial charge in [0.15, 0.2) is 0 Å². The van der Waals surface area contributed by atoms with Gasteiger partial charge in [-0.3, -0.25) is 5.32 Å². The van der Waals surface area contributed by atoms with Crippen LogP contribution in [-0.4, -0.2) is 29.8 Å². The van der Waals surface area contributed by atoms with Crippen molar-refractivity contribution in [3.63, 3.8) is 0 Å². The maximum Gasteiger partial charge on any atom is 0.320 e. The van der Waals surface area contributed by atoms with Crippen molar-refractivity contribution in [3.05, 3.63) is 48.7 Å². The Morgan fingerprint density at radius 2 is 1.85 bits per heavy atom. The fourth-order valence-electron chi connectivity index (χ4n) is 3.67. The summed E-state index contributed by atoms with van der Waals surface area (Å²) in [6, 6.07) is 12.8. The number of amides is 2. The van der Waals surface area contributed by atoms with Crippen molar-refractivity contribution in [2.24, 2.45) is 5.92 Å². The van der Waals surface area contributed by atoms with E-state index >= 15 is 0 Å². The van der Waals surface area contributed by atoms with Crippen molar-refractivity contribution in [1.29, 1.82) is 0 Å². The maximum absolute atomic E-state index is 12.1. The van der Waals surface area contributed by atoms with Crippen LogP contribution in [0.1, 0.15) is 25.7 Å². The van der Waals surface area contributed by atoms with E-state index in [-0.39, 0.29) is 6.03 Å². The number of anilines is 1. The zero-order valence-corrected chi connectivity index (χ0v) is 14.6. The molecule has 2 atom stereocenters. The lowest BCUT2D eigenvalue weighted by Gasteiger charge is -2.28. The van der Waals surface area contributed by atoms with E-state index in [1.54, 1.807) is 18.3 Å². The Morgan fingerprint density at radius 1 is 1.08 bits per heavy atom. The van der Waals surface area contributed by atoms with Gasteiger partial charge in [-0.25, -0.2) is 9.78 Å². The fourth-order valence-corrected chi connectivity index (χ4v) is 3.67. The van der Waals surface area contributed by atoms with Crippen LogP contribution >= 0.6 is 0 Å². The second-order valence-corrected chi connectivity index (χ2v) is 6.92. The molecule has 2 saturated heterocycles. The molecule has 26 heavy (non-hydrogen) atoms. The lowest BCUT2D eigenvalue weighted by atomic mass is 9.96. The van der Waals surface area contributed by atoms with E-state index in [0.29, 0.717) is 36.2 Å². The Labute approximate surface area is 152 Å². The van der Waals surface area contributed by atoms with E-state index in [1.807, 2.05) is 30.3 Å². The lowest BCUT2D eigenvalue weighted by molar-refractivity contribution is -0.0182. The maximum atomic E-state index is 12.1. The van der Waals surface area contributed by atoms with Crippen LogP contribution in [0, 0.1) is 5.92 Å². The van der Waals surface area contributed by atoms with E-state index in [9.17, 15) is 4.79 Å². The topological polar surface area (TPSA) is 72.5 Å². The number of rotatable bonds is 5. The largest absolute Gasteiger partial charge is 0.456 e. The molecule has 2 aliphatic heterocycles. The second kappa shape index (κ2) is 7.74. The number of nitrogens with zero attached hydrogens (tertiary/aromatic N) is 1. The molecule has 136 valence electrons. The van der Waals surface area contributed by atoms with Crippen LogP contribution in [0.15, 0.2) is 48.7 Å². The van der Waals surface area contributed by atoms with Gasteiger partial charge in [-0.2, -0.15) is 0 Å². The first-order valence-corrected chi connectivity index (χ1v) is 9.14. The van der Waals surface area contributed by atoms with Gasteiger partial charge in [-0.05, 0) is 55.9 Å². The highest BCUT2D eigenvalue weighted by Gasteiger charge is 2.34. The van der Waals surface area contributed by atoms with E-state index < -0.39 is 0 Å². The summed E-state index contributed by atoms with van der Waals surface area (Å²) in [5.74, 6) is 2.37. The molecule has 6 heteroatoms. The minimum Gasteiger partial charge on any atom is -0.456 e. The van der Waals surface area contributed by atoms with Crippen molar-refractivity contribution < 1.29 is 14.3 Å². The minimum absolute atomic E-state index is 0.229. The molecule has 0 radical (unpaired) electrons. The number of pyridine rings is 1. The Morgan fingerprint density at radius 3 is 2.54 bits per heavy atom. The van der Waals surface area contributed by atoms with Gasteiger partial charge in [0.1, 0.15) is 17.3 Å². The van der Waals surface area contributed by atoms with Crippen LogP contribution in [0.25, 0.3) is 0 Å². The molecule has 3 heterocycles. The Bertz CT molecular complexity index is 724. The first kappa shape index (κ1) is 16.8. The molecular weight excluding hydrogens is 330 g/mol. The molecule has 6 nitrogen and oxygen atoms in total. The molecule has 2 aromatic rings. The zero-order valence-electron chi connectivity index (χ0n) is 14.6. The number of nitrogens with one attached hydrogen (secondary N) is 2. The molecule has 4 rings (SSSR count). The van der Waals surface area contributed by atoms with Gasteiger partial charge in [0.2, 0.25) is 0 Å². The van der Waals surface area contributed by atoms with Crippen molar-refractivity contribution in [1.82, 2.24) is 10.3 Å². The first-order chi connectivity index (χ1) is 12.7. The highest BCUT2D eigenvalue weighted by Crippen LogP contribution is 2.35. The summed E-state index contributed by atoms with van der Waals surface area (Å²) in [6.07, 6.45) is 6.79. The number of fused-ring (bicyclic) bond motifs is 2. The highest BCUT2D eigenvalue weighted by atomic mass is 16.5. The molecule has 0 saturated carbocycles. The molecule has 2 unspecified atom stereocenters. The Balaban J connectivity index is 1.24. The summed E-state index contributed by atoms with van der Waals surface area (Å²) in [6.45, 7) is 0.678. The van der Waals surface area contributed by atoms with Gasteiger partial charge < -0.3 is 14.8 Å². The molecule has 2 aliphatic rings. The van der Waals surface area contributed by atoms with Crippen LogP contribution in [0.4, 0.5) is 10.6 Å². The molecule has 2 amide bonds. The van der Waals surface area contributed by atoms with Crippen LogP contribution in [-0.2, 0) is 4.74 Å². The van der Waals surface area contributed by atoms with Crippen molar-refractivity contribution in [2.75, 3.05) is 11.9 Å². The summed E-state index contributed by atoms with van der Waals surface area (Å²) in [7, 11) is 0. The predicted molar refractivity (Wildman–Crippen MR) is 98.4 cm³/mol. The van der Waals surface area contributed by atoms with Crippen LogP contribution < -0.4 is 15.4 Å². The van der Waals surface area contributed by atoms with Gasteiger partial charge in [0.05, 0.1) is 18.4 Å². The highest BCUT2D eigenvalue weighted by molar-refractivity contribution is 5.88. The van der Waals surface area contributed by atoms with Gasteiger partial charge in [-0.1, -0.05) is 18.2 Å². The van der Waals surface area contributed by atoms with Crippen molar-refractivity contribution >= 4 is 11.8 Å². The lowest BCUT2D eigenvalue weighted by Crippen LogP contribution is -2.37. The number of hydrogen-bond acceptors (Lipinski definition) is 4. The third-order valence-electron chi connectivity index (χ3n) is 4.90. The molecular formula is C20H23N3O3. The number of urea groups is 1. The second-order valence-electron chi connectivity index (χ2n) is 6.92. The SMILES string of the molecule is O=C(NCC1CC2CCC(C1)O2)Nc1ccc(Oc2ccccc2)cn1. The summed E-state index contributed by atoms with van der Waals surface area (Å²) in [5.41, 5.74) is 0. The average Bonchev–Trinajstić information content (AvgIpc) is 3.01. The predicted octanol–water partition coefficient (Wildman–Crippen LogP) is 3.95. The number of ether oxygens (including phenoxy) is 2. The van der Waals surface area contributed by atoms with Crippen molar-refractivity contribution in [3.8, 4) is 11.5 Å². The Kier molecular flexibility index (Phi) is 5.02. The molecule has 0 aliphatic carbocycles. The molecule has 2 bridgehead atoms. The first-order valence-electron chi connectivity index (χ1n) is 9.14. The fraction of sp³-hybridized carbons (Fsp3) is 0.400. The normalized spacial score (nSPS) is 24.1. The Hall–Kier alpha value is -2.60. The molecule has 0 spiro atoms. The summed E-state index contributed by atoms with van der Waals surface area (Å²) < 4.78 is 11.5. The number of hydrogen-bond donors (Lipinski definition) is 2. The van der Waals surface area contributed by atoms with E-state index in [1.165, 1.54) is 0 Å². The van der Waals surface area contributed by atoms with Gasteiger partial charge in [0.25, 0.3) is 0 Å². The smallest absolute Gasteiger partial charge is 0.320 e. The third kappa shape index (κ3) is 4.32. The van der Waals surface area contributed by atoms with Crippen LogP contribution in [0.2, 0.25) is 0 Å². The van der Waals surface area contributed by atoms with Crippen molar-refractivity contribution in [2.45, 2.75) is 37.9 Å². The minimum atomic E-state index is -0.229. The van der Waals surface area contributed by atoms with Gasteiger partial charge >= 0.3 is 6.03 Å². The van der Waals surface area contributed by atoms with E-state index in [4.69, 9.17) is 9.47 Å². The summed E-state index contributed by atoms with van der Waals surface area (Å²) in [4.78, 5) is 16.3. The van der Waals surface area contributed by atoms with E-state index in [2.05, 4.69) is 15.6 Å². The van der Waals surface area contributed by atoms with Crippen LogP contribution in [0.5, 0.6) is 11.5 Å². The van der Waals surface area contributed by atoms with Gasteiger partial charge in [0, 0.05) is 6.54 Å². The number of carbonyl (C=O) groups excluding carboxylic acids is 1. The quantitative estimate of drug-likeness (QED) is 0.854. The molecule has 2 fully saturated rings. The monoisotopic (exact) mass is 353 g/mol. The molecule has 1 aromatic heterocycles. The number of carbonyl (C=O) groups is 1. The number of aromatic nitrogens is 1. The molecule has 1 aromatic carbocycles. The van der Waals surface area contributed by atoms with E-state index in [0.717, 1.165) is 31.4 Å². The summed E-state index contributed by atoms with van der Waals surface area (Å²) >= 11 is 0. The average molecular weight is 353 g/mol. The third-order valence-corrected chi connectivity index (χ3v) is 4.90. The standard InChI is InChI=1S/C20H23N3O3/c24-20(22-12-14-10-16-6-7-17(11-14)26-16)23-19-9-8-18(13-21-19)25-15-4-2-1-3-5-15/h1-5,8-9,13-14,16-17H,6-7,10-12H2,(H2,21,22,23,24). The zero-order chi connectivity index (χ0) is 17.8.